The van der Waals surface area contributed by atoms with E-state index in [0.717, 1.165) is 12.8 Å². The van der Waals surface area contributed by atoms with Crippen molar-refractivity contribution in [2.24, 2.45) is 21.6 Å². The van der Waals surface area contributed by atoms with Crippen LogP contribution >= 0.6 is 0 Å². The number of hydrogen-bond acceptors (Lipinski definition) is 4. The number of fused-ring (bicyclic) bond motifs is 2. The van der Waals surface area contributed by atoms with Crippen molar-refractivity contribution in [2.45, 2.75) is 63.1 Å². The predicted molar refractivity (Wildman–Crippen MR) is 78.8 cm³/mol. The standard InChI is InChI=1S/C16H21N3O3/c1-2-3-6-16(18-19-16)8-5-13(20)17-12-9-11-4-7-15(12,10-11)14(21)22/h1,11-12H,3-10H2,(H,17,20)(H,21,22). The van der Waals surface area contributed by atoms with Crippen molar-refractivity contribution in [3.63, 3.8) is 0 Å². The highest BCUT2D eigenvalue weighted by Crippen LogP contribution is 2.54. The molecule has 6 nitrogen and oxygen atoms in total. The van der Waals surface area contributed by atoms with Crippen LogP contribution in [0.15, 0.2) is 10.2 Å². The van der Waals surface area contributed by atoms with E-state index in [2.05, 4.69) is 21.5 Å². The Balaban J connectivity index is 1.50. The number of carbonyl (C=O) groups excluding carboxylic acids is 1. The number of nitrogens with one attached hydrogen (secondary N) is 1. The van der Waals surface area contributed by atoms with Gasteiger partial charge in [-0.15, -0.1) is 12.3 Å². The fourth-order valence-corrected chi connectivity index (χ4v) is 4.05. The molecule has 0 spiro atoms. The van der Waals surface area contributed by atoms with E-state index < -0.39 is 17.0 Å². The lowest BCUT2D eigenvalue weighted by Gasteiger charge is -2.31. The summed E-state index contributed by atoms with van der Waals surface area (Å²) in [7, 11) is 0. The number of carboxylic acids is 1. The maximum atomic E-state index is 12.2. The molecule has 2 saturated carbocycles. The molecule has 0 aromatic heterocycles. The van der Waals surface area contributed by atoms with Gasteiger partial charge in [0.25, 0.3) is 0 Å². The summed E-state index contributed by atoms with van der Waals surface area (Å²) < 4.78 is 0. The van der Waals surface area contributed by atoms with Crippen LogP contribution in [0.4, 0.5) is 0 Å². The first kappa shape index (κ1) is 15.0. The summed E-state index contributed by atoms with van der Waals surface area (Å²) >= 11 is 0. The Bertz CT molecular complexity index is 559. The molecule has 3 rings (SSSR count). The number of nitrogens with zero attached hydrogens (tertiary/aromatic N) is 2. The van der Waals surface area contributed by atoms with E-state index in [1.165, 1.54) is 0 Å². The van der Waals surface area contributed by atoms with Crippen molar-refractivity contribution in [3.05, 3.63) is 0 Å². The van der Waals surface area contributed by atoms with Crippen molar-refractivity contribution in [1.29, 1.82) is 0 Å². The van der Waals surface area contributed by atoms with E-state index in [1.807, 2.05) is 0 Å². The molecule has 118 valence electrons. The van der Waals surface area contributed by atoms with Crippen LogP contribution in [-0.2, 0) is 9.59 Å². The van der Waals surface area contributed by atoms with Gasteiger partial charge in [0.05, 0.1) is 5.41 Å². The summed E-state index contributed by atoms with van der Waals surface area (Å²) in [6.07, 6.45) is 10.5. The Morgan fingerprint density at radius 1 is 1.36 bits per heavy atom. The molecule has 2 fully saturated rings. The van der Waals surface area contributed by atoms with E-state index in [0.29, 0.717) is 44.4 Å². The zero-order chi connectivity index (χ0) is 15.8. The number of carboxylic acid groups (broad SMARTS) is 1. The molecule has 6 heteroatoms. The average Bonchev–Trinajstić information content (AvgIpc) is 3.00. The Kier molecular flexibility index (Phi) is 3.67. The molecule has 0 aromatic carbocycles. The fourth-order valence-electron chi connectivity index (χ4n) is 4.05. The second-order valence-electron chi connectivity index (χ2n) is 6.81. The van der Waals surface area contributed by atoms with Crippen LogP contribution in [0.1, 0.15) is 51.4 Å². The maximum Gasteiger partial charge on any atom is 0.311 e. The monoisotopic (exact) mass is 303 g/mol. The van der Waals surface area contributed by atoms with Crippen molar-refractivity contribution in [2.75, 3.05) is 0 Å². The average molecular weight is 303 g/mol. The Hall–Kier alpha value is -1.90. The third-order valence-electron chi connectivity index (χ3n) is 5.45. The molecule has 3 atom stereocenters. The number of hydrogen-bond donors (Lipinski definition) is 2. The minimum atomic E-state index is -0.768. The first-order valence-corrected chi connectivity index (χ1v) is 7.90. The molecule has 3 unspecified atom stereocenters. The van der Waals surface area contributed by atoms with Crippen LogP contribution < -0.4 is 5.32 Å². The highest BCUT2D eigenvalue weighted by molar-refractivity contribution is 5.81. The van der Waals surface area contributed by atoms with Crippen molar-refractivity contribution >= 4 is 11.9 Å². The number of rotatable bonds is 7. The zero-order valence-corrected chi connectivity index (χ0v) is 12.5. The minimum absolute atomic E-state index is 0.101. The van der Waals surface area contributed by atoms with Crippen molar-refractivity contribution < 1.29 is 14.7 Å². The Morgan fingerprint density at radius 2 is 2.14 bits per heavy atom. The van der Waals surface area contributed by atoms with Gasteiger partial charge in [0.1, 0.15) is 0 Å². The molecule has 0 saturated heterocycles. The third-order valence-corrected chi connectivity index (χ3v) is 5.45. The van der Waals surface area contributed by atoms with Gasteiger partial charge in [-0.25, -0.2) is 0 Å². The fraction of sp³-hybridized carbons (Fsp3) is 0.750. The van der Waals surface area contributed by atoms with E-state index in [-0.39, 0.29) is 11.9 Å². The molecule has 2 N–H and O–H groups in total. The molecule has 0 aromatic rings. The van der Waals surface area contributed by atoms with Crippen LogP contribution in [0.3, 0.4) is 0 Å². The number of amides is 1. The molecule has 22 heavy (non-hydrogen) atoms. The molecule has 0 radical (unpaired) electrons. The van der Waals surface area contributed by atoms with E-state index in [1.54, 1.807) is 0 Å². The molecular weight excluding hydrogens is 282 g/mol. The zero-order valence-electron chi connectivity index (χ0n) is 12.5. The van der Waals surface area contributed by atoms with E-state index >= 15 is 0 Å². The van der Waals surface area contributed by atoms with Crippen LogP contribution in [0.25, 0.3) is 0 Å². The molecular formula is C16H21N3O3. The van der Waals surface area contributed by atoms with Gasteiger partial charge in [0.2, 0.25) is 5.91 Å². The summed E-state index contributed by atoms with van der Waals surface area (Å²) in [5, 5.41) is 20.5. The van der Waals surface area contributed by atoms with E-state index in [4.69, 9.17) is 6.42 Å². The molecule has 1 heterocycles. The lowest BCUT2D eigenvalue weighted by Crippen LogP contribution is -2.49. The summed E-state index contributed by atoms with van der Waals surface area (Å²) in [5.41, 5.74) is -1.20. The number of aliphatic carboxylic acids is 1. The van der Waals surface area contributed by atoms with Crippen molar-refractivity contribution in [1.82, 2.24) is 5.32 Å². The summed E-state index contributed by atoms with van der Waals surface area (Å²) in [6, 6.07) is -0.231. The second-order valence-corrected chi connectivity index (χ2v) is 6.81. The molecule has 1 aliphatic heterocycles. The largest absolute Gasteiger partial charge is 0.481 e. The SMILES string of the molecule is C#CCCC1(CCC(=O)NC2CC3CCC2(C(=O)O)C3)N=N1. The summed E-state index contributed by atoms with van der Waals surface area (Å²) in [6.45, 7) is 0. The van der Waals surface area contributed by atoms with Gasteiger partial charge in [-0.3, -0.25) is 9.59 Å². The molecule has 2 bridgehead atoms. The van der Waals surface area contributed by atoms with Crippen LogP contribution in [-0.4, -0.2) is 28.7 Å². The lowest BCUT2D eigenvalue weighted by atomic mass is 9.80. The van der Waals surface area contributed by atoms with Gasteiger partial charge in [0, 0.05) is 31.7 Å². The highest BCUT2D eigenvalue weighted by atomic mass is 16.4. The lowest BCUT2D eigenvalue weighted by molar-refractivity contribution is -0.150. The van der Waals surface area contributed by atoms with E-state index in [9.17, 15) is 14.7 Å². The first-order chi connectivity index (χ1) is 10.5. The Morgan fingerprint density at radius 3 is 2.73 bits per heavy atom. The normalized spacial score (nSPS) is 33.4. The summed E-state index contributed by atoms with van der Waals surface area (Å²) in [4.78, 5) is 23.8. The number of terminal acetylenes is 1. The van der Waals surface area contributed by atoms with Gasteiger partial charge in [-0.1, -0.05) is 0 Å². The van der Waals surface area contributed by atoms with Gasteiger partial charge in [-0.05, 0) is 31.6 Å². The third kappa shape index (κ3) is 2.60. The topological polar surface area (TPSA) is 91.1 Å². The van der Waals surface area contributed by atoms with Crippen molar-refractivity contribution in [3.8, 4) is 12.3 Å². The minimum Gasteiger partial charge on any atom is -0.481 e. The maximum absolute atomic E-state index is 12.2. The molecule has 1 amide bonds. The smallest absolute Gasteiger partial charge is 0.311 e. The second kappa shape index (κ2) is 5.38. The first-order valence-electron chi connectivity index (χ1n) is 7.90. The van der Waals surface area contributed by atoms with Crippen LogP contribution in [0.5, 0.6) is 0 Å². The van der Waals surface area contributed by atoms with Crippen LogP contribution in [0.2, 0.25) is 0 Å². The molecule has 3 aliphatic rings. The predicted octanol–water partition coefficient (Wildman–Crippen LogP) is 2.10. The van der Waals surface area contributed by atoms with Gasteiger partial charge in [0.15, 0.2) is 5.66 Å². The Labute approximate surface area is 129 Å². The van der Waals surface area contributed by atoms with Crippen LogP contribution in [0, 0.1) is 23.7 Å². The number of carbonyl (C=O) groups is 2. The van der Waals surface area contributed by atoms with Gasteiger partial charge >= 0.3 is 5.97 Å². The highest BCUT2D eigenvalue weighted by Gasteiger charge is 2.57. The van der Waals surface area contributed by atoms with Gasteiger partial charge < -0.3 is 10.4 Å². The summed E-state index contributed by atoms with van der Waals surface area (Å²) in [5.74, 6) is 2.13. The molecule has 2 aliphatic carbocycles. The van der Waals surface area contributed by atoms with Gasteiger partial charge in [-0.2, -0.15) is 10.2 Å². The quantitative estimate of drug-likeness (QED) is 0.706.